The Balaban J connectivity index is 2.17. The smallest absolute Gasteiger partial charge is 0.0398 e. The summed E-state index contributed by atoms with van der Waals surface area (Å²) in [5, 5.41) is 1.10. The number of para-hydroxylation sites is 1. The lowest BCUT2D eigenvalue weighted by Gasteiger charge is -2.30. The minimum Gasteiger partial charge on any atom is -0.371 e. The van der Waals surface area contributed by atoms with Crippen LogP contribution in [0, 0.1) is 11.8 Å². The quantitative estimate of drug-likeness (QED) is 0.740. The van der Waals surface area contributed by atoms with Crippen molar-refractivity contribution in [2.45, 2.75) is 33.1 Å². The average Bonchev–Trinajstić information content (AvgIpc) is 2.58. The molecule has 100 valence electrons. The fourth-order valence-corrected chi connectivity index (χ4v) is 3.63. The van der Waals surface area contributed by atoms with E-state index in [-0.39, 0.29) is 0 Å². The molecule has 0 saturated carbocycles. The minimum absolute atomic E-state index is 0.733. The van der Waals surface area contributed by atoms with Gasteiger partial charge in [-0.1, -0.05) is 48.0 Å². The van der Waals surface area contributed by atoms with Gasteiger partial charge in [0.2, 0.25) is 0 Å². The predicted octanol–water partition coefficient (Wildman–Crippen LogP) is 4.50. The van der Waals surface area contributed by atoms with Crippen LogP contribution < -0.4 is 4.90 Å². The molecule has 1 aromatic rings. The summed E-state index contributed by atoms with van der Waals surface area (Å²) < 4.78 is 0. The largest absolute Gasteiger partial charge is 0.371 e. The van der Waals surface area contributed by atoms with Gasteiger partial charge in [-0.3, -0.25) is 0 Å². The van der Waals surface area contributed by atoms with Gasteiger partial charge in [-0.15, -0.1) is 0 Å². The number of hydrogen-bond donors (Lipinski definition) is 0. The molecule has 0 saturated heterocycles. The van der Waals surface area contributed by atoms with Gasteiger partial charge in [0, 0.05) is 24.1 Å². The number of rotatable bonds is 4. The number of benzene rings is 1. The van der Waals surface area contributed by atoms with E-state index < -0.39 is 0 Å². The van der Waals surface area contributed by atoms with Gasteiger partial charge >= 0.3 is 0 Å². The van der Waals surface area contributed by atoms with Gasteiger partial charge in [0.1, 0.15) is 0 Å². The second kappa shape index (κ2) is 6.60. The molecule has 0 aliphatic carbocycles. The Labute approximate surface area is 120 Å². The number of fused-ring (bicyclic) bond motifs is 1. The van der Waals surface area contributed by atoms with E-state index in [1.54, 1.807) is 0 Å². The third kappa shape index (κ3) is 3.28. The molecule has 1 nitrogen and oxygen atoms in total. The van der Waals surface area contributed by atoms with E-state index in [1.165, 1.54) is 43.6 Å². The Hall–Kier alpha value is -0.500. The SMILES string of the molecule is CC(C)C(CBr)CN1CCCCc2ccccc21. The van der Waals surface area contributed by atoms with Gasteiger partial charge in [-0.05, 0) is 42.7 Å². The molecule has 2 rings (SSSR count). The second-order valence-electron chi connectivity index (χ2n) is 5.69. The van der Waals surface area contributed by atoms with Crippen LogP contribution in [0.5, 0.6) is 0 Å². The van der Waals surface area contributed by atoms with E-state index in [4.69, 9.17) is 0 Å². The summed E-state index contributed by atoms with van der Waals surface area (Å²) in [6, 6.07) is 8.95. The molecule has 0 N–H and O–H groups in total. The maximum atomic E-state index is 3.68. The average molecular weight is 310 g/mol. The highest BCUT2D eigenvalue weighted by Crippen LogP contribution is 2.28. The van der Waals surface area contributed by atoms with E-state index >= 15 is 0 Å². The lowest BCUT2D eigenvalue weighted by molar-refractivity contribution is 0.424. The van der Waals surface area contributed by atoms with Gasteiger partial charge in [0.25, 0.3) is 0 Å². The normalized spacial score (nSPS) is 17.4. The van der Waals surface area contributed by atoms with Crippen molar-refractivity contribution in [3.05, 3.63) is 29.8 Å². The number of alkyl halides is 1. The summed E-state index contributed by atoms with van der Waals surface area (Å²) in [6.07, 6.45) is 3.89. The van der Waals surface area contributed by atoms with Gasteiger partial charge in [0.15, 0.2) is 0 Å². The first-order valence-electron chi connectivity index (χ1n) is 7.11. The second-order valence-corrected chi connectivity index (χ2v) is 6.34. The molecule has 1 heterocycles. The number of nitrogens with zero attached hydrogens (tertiary/aromatic N) is 1. The van der Waals surface area contributed by atoms with E-state index in [2.05, 4.69) is 58.9 Å². The highest BCUT2D eigenvalue weighted by Gasteiger charge is 2.20. The van der Waals surface area contributed by atoms with Crippen molar-refractivity contribution in [3.63, 3.8) is 0 Å². The Morgan fingerprint density at radius 1 is 1.22 bits per heavy atom. The van der Waals surface area contributed by atoms with E-state index in [9.17, 15) is 0 Å². The van der Waals surface area contributed by atoms with Crippen molar-refractivity contribution in [3.8, 4) is 0 Å². The van der Waals surface area contributed by atoms with E-state index in [0.29, 0.717) is 0 Å². The van der Waals surface area contributed by atoms with Crippen molar-refractivity contribution in [2.75, 3.05) is 23.3 Å². The molecule has 1 aliphatic rings. The van der Waals surface area contributed by atoms with Crippen LogP contribution in [0.1, 0.15) is 32.3 Å². The summed E-state index contributed by atoms with van der Waals surface area (Å²) in [7, 11) is 0. The van der Waals surface area contributed by atoms with E-state index in [1.807, 2.05) is 0 Å². The number of hydrogen-bond acceptors (Lipinski definition) is 1. The van der Waals surface area contributed by atoms with Crippen LogP contribution in [0.25, 0.3) is 0 Å². The van der Waals surface area contributed by atoms with Gasteiger partial charge in [0.05, 0.1) is 0 Å². The first-order chi connectivity index (χ1) is 8.72. The minimum atomic E-state index is 0.733. The van der Waals surface area contributed by atoms with Crippen molar-refractivity contribution in [1.82, 2.24) is 0 Å². The van der Waals surface area contributed by atoms with Crippen LogP contribution in [0.3, 0.4) is 0 Å². The maximum Gasteiger partial charge on any atom is 0.0398 e. The van der Waals surface area contributed by atoms with Crippen LogP contribution >= 0.6 is 15.9 Å². The molecule has 0 bridgehead atoms. The van der Waals surface area contributed by atoms with Crippen molar-refractivity contribution >= 4 is 21.6 Å². The lowest BCUT2D eigenvalue weighted by Crippen LogP contribution is -2.33. The zero-order valence-corrected chi connectivity index (χ0v) is 13.1. The van der Waals surface area contributed by atoms with Gasteiger partial charge < -0.3 is 4.90 Å². The van der Waals surface area contributed by atoms with Gasteiger partial charge in [-0.2, -0.15) is 0 Å². The maximum absolute atomic E-state index is 3.68. The zero-order valence-electron chi connectivity index (χ0n) is 11.5. The third-order valence-corrected chi connectivity index (χ3v) is 4.88. The van der Waals surface area contributed by atoms with Crippen molar-refractivity contribution in [2.24, 2.45) is 11.8 Å². The summed E-state index contributed by atoms with van der Waals surface area (Å²) in [5.74, 6) is 1.47. The summed E-state index contributed by atoms with van der Waals surface area (Å²) in [6.45, 7) is 7.05. The summed E-state index contributed by atoms with van der Waals surface area (Å²) in [4.78, 5) is 2.61. The monoisotopic (exact) mass is 309 g/mol. The molecule has 0 amide bonds. The standard InChI is InChI=1S/C16H24BrN/c1-13(2)15(11-17)12-18-10-6-5-8-14-7-3-4-9-16(14)18/h3-4,7,9,13,15H,5-6,8,10-12H2,1-2H3. The Morgan fingerprint density at radius 3 is 2.72 bits per heavy atom. The Kier molecular flexibility index (Phi) is 5.11. The molecule has 0 aromatic heterocycles. The predicted molar refractivity (Wildman–Crippen MR) is 83.7 cm³/mol. The Morgan fingerprint density at radius 2 is 2.00 bits per heavy atom. The molecule has 1 unspecified atom stereocenters. The summed E-state index contributed by atoms with van der Waals surface area (Å²) >= 11 is 3.68. The molecule has 0 radical (unpaired) electrons. The highest BCUT2D eigenvalue weighted by molar-refractivity contribution is 9.09. The molecule has 1 aromatic carbocycles. The molecule has 1 atom stereocenters. The fraction of sp³-hybridized carbons (Fsp3) is 0.625. The molecular formula is C16H24BrN. The topological polar surface area (TPSA) is 3.24 Å². The Bertz CT molecular complexity index is 375. The van der Waals surface area contributed by atoms with Crippen LogP contribution in [0.2, 0.25) is 0 Å². The molecule has 0 spiro atoms. The van der Waals surface area contributed by atoms with Crippen LogP contribution in [-0.4, -0.2) is 18.4 Å². The van der Waals surface area contributed by atoms with Crippen LogP contribution in [0.15, 0.2) is 24.3 Å². The molecule has 2 heteroatoms. The first-order valence-corrected chi connectivity index (χ1v) is 8.23. The fourth-order valence-electron chi connectivity index (χ4n) is 2.68. The molecule has 18 heavy (non-hydrogen) atoms. The summed E-state index contributed by atoms with van der Waals surface area (Å²) in [5.41, 5.74) is 3.01. The number of aryl methyl sites for hydroxylation is 1. The first kappa shape index (κ1) is 13.9. The van der Waals surface area contributed by atoms with Crippen LogP contribution in [-0.2, 0) is 6.42 Å². The zero-order chi connectivity index (χ0) is 13.0. The van der Waals surface area contributed by atoms with Crippen LogP contribution in [0.4, 0.5) is 5.69 Å². The van der Waals surface area contributed by atoms with E-state index in [0.717, 1.165) is 17.2 Å². The molecular weight excluding hydrogens is 286 g/mol. The van der Waals surface area contributed by atoms with Crippen molar-refractivity contribution in [1.29, 1.82) is 0 Å². The van der Waals surface area contributed by atoms with Gasteiger partial charge in [-0.25, -0.2) is 0 Å². The molecule has 0 fully saturated rings. The number of halogens is 1. The molecule has 1 aliphatic heterocycles. The van der Waals surface area contributed by atoms with Crippen molar-refractivity contribution < 1.29 is 0 Å². The number of anilines is 1. The third-order valence-electron chi connectivity index (χ3n) is 4.05. The highest BCUT2D eigenvalue weighted by atomic mass is 79.9. The lowest BCUT2D eigenvalue weighted by atomic mass is 9.97.